The molecule has 1 spiro atoms. The Labute approximate surface area is 118 Å². The van der Waals surface area contributed by atoms with Crippen LogP contribution in [0.2, 0.25) is 0 Å². The van der Waals surface area contributed by atoms with Crippen LogP contribution in [0.5, 0.6) is 0 Å². The molecule has 0 bridgehead atoms. The number of nitrogens with one attached hydrogen (secondary N) is 1. The van der Waals surface area contributed by atoms with Crippen molar-refractivity contribution in [3.8, 4) is 0 Å². The standard InChI is InChI=1S/C16H30N2O/c1-14-11-17-16(5-3-4-6-16)13-18(14)12-15(2)7-9-19-10-8-15/h14,17H,3-13H2,1-2H3. The largest absolute Gasteiger partial charge is 0.381 e. The van der Waals surface area contributed by atoms with Gasteiger partial charge in [0.25, 0.3) is 0 Å². The topological polar surface area (TPSA) is 24.5 Å². The van der Waals surface area contributed by atoms with E-state index in [-0.39, 0.29) is 0 Å². The second-order valence-corrected chi connectivity index (χ2v) is 7.55. The molecule has 0 aromatic carbocycles. The van der Waals surface area contributed by atoms with Crippen LogP contribution < -0.4 is 5.32 Å². The molecule has 0 aromatic heterocycles. The zero-order chi connectivity index (χ0) is 13.3. The minimum atomic E-state index is 0.452. The summed E-state index contributed by atoms with van der Waals surface area (Å²) in [6.45, 7) is 10.5. The molecular formula is C16H30N2O. The van der Waals surface area contributed by atoms with E-state index in [2.05, 4.69) is 24.1 Å². The minimum absolute atomic E-state index is 0.452. The Morgan fingerprint density at radius 3 is 2.53 bits per heavy atom. The van der Waals surface area contributed by atoms with E-state index in [1.54, 1.807) is 0 Å². The van der Waals surface area contributed by atoms with Gasteiger partial charge in [-0.3, -0.25) is 4.90 Å². The Bertz CT molecular complexity index is 306. The Kier molecular flexibility index (Phi) is 3.89. The molecule has 0 amide bonds. The predicted molar refractivity (Wildman–Crippen MR) is 78.4 cm³/mol. The highest BCUT2D eigenvalue weighted by atomic mass is 16.5. The summed E-state index contributed by atoms with van der Waals surface area (Å²) in [7, 11) is 0. The van der Waals surface area contributed by atoms with E-state index in [4.69, 9.17) is 4.74 Å². The predicted octanol–water partition coefficient (Wildman–Crippen LogP) is 2.41. The first-order valence-corrected chi connectivity index (χ1v) is 8.18. The van der Waals surface area contributed by atoms with Crippen LogP contribution in [-0.2, 0) is 4.74 Å². The minimum Gasteiger partial charge on any atom is -0.381 e. The lowest BCUT2D eigenvalue weighted by molar-refractivity contribution is -0.0168. The summed E-state index contributed by atoms with van der Waals surface area (Å²) in [4.78, 5) is 2.77. The fourth-order valence-corrected chi connectivity index (χ4v) is 4.20. The monoisotopic (exact) mass is 266 g/mol. The average molecular weight is 266 g/mol. The zero-order valence-electron chi connectivity index (χ0n) is 12.7. The molecule has 2 saturated heterocycles. The van der Waals surface area contributed by atoms with Crippen molar-refractivity contribution in [2.75, 3.05) is 32.8 Å². The molecule has 2 aliphatic heterocycles. The van der Waals surface area contributed by atoms with Gasteiger partial charge in [-0.1, -0.05) is 19.8 Å². The number of rotatable bonds is 2. The molecular weight excluding hydrogens is 236 g/mol. The molecule has 110 valence electrons. The van der Waals surface area contributed by atoms with Gasteiger partial charge in [0.2, 0.25) is 0 Å². The van der Waals surface area contributed by atoms with E-state index in [9.17, 15) is 0 Å². The second kappa shape index (κ2) is 5.34. The summed E-state index contributed by atoms with van der Waals surface area (Å²) in [5.74, 6) is 0. The molecule has 19 heavy (non-hydrogen) atoms. The lowest BCUT2D eigenvalue weighted by Gasteiger charge is -2.49. The second-order valence-electron chi connectivity index (χ2n) is 7.55. The number of hydrogen-bond acceptors (Lipinski definition) is 3. The molecule has 3 rings (SSSR count). The summed E-state index contributed by atoms with van der Waals surface area (Å²) in [6, 6.07) is 0.686. The van der Waals surface area contributed by atoms with Gasteiger partial charge in [0, 0.05) is 44.4 Å². The molecule has 1 N–H and O–H groups in total. The molecule has 1 atom stereocenters. The van der Waals surface area contributed by atoms with Gasteiger partial charge < -0.3 is 10.1 Å². The van der Waals surface area contributed by atoms with Gasteiger partial charge in [-0.05, 0) is 38.0 Å². The summed E-state index contributed by atoms with van der Waals surface area (Å²) in [5, 5.41) is 3.86. The third-order valence-electron chi connectivity index (χ3n) is 5.75. The van der Waals surface area contributed by atoms with Crippen molar-refractivity contribution >= 4 is 0 Å². The van der Waals surface area contributed by atoms with Gasteiger partial charge in [-0.15, -0.1) is 0 Å². The van der Waals surface area contributed by atoms with Crippen LogP contribution in [0.15, 0.2) is 0 Å². The van der Waals surface area contributed by atoms with Crippen LogP contribution in [0.4, 0.5) is 0 Å². The van der Waals surface area contributed by atoms with Crippen LogP contribution in [0.1, 0.15) is 52.4 Å². The van der Waals surface area contributed by atoms with Crippen molar-refractivity contribution in [3.05, 3.63) is 0 Å². The summed E-state index contributed by atoms with van der Waals surface area (Å²) in [5.41, 5.74) is 0.928. The Balaban J connectivity index is 1.64. The van der Waals surface area contributed by atoms with E-state index in [1.807, 2.05) is 0 Å². The lowest BCUT2D eigenvalue weighted by Crippen LogP contribution is -2.63. The van der Waals surface area contributed by atoms with Gasteiger partial charge in [-0.25, -0.2) is 0 Å². The quantitative estimate of drug-likeness (QED) is 0.830. The maximum absolute atomic E-state index is 5.54. The van der Waals surface area contributed by atoms with Gasteiger partial charge in [0.15, 0.2) is 0 Å². The van der Waals surface area contributed by atoms with Crippen molar-refractivity contribution in [1.82, 2.24) is 10.2 Å². The molecule has 0 aromatic rings. The first kappa shape index (κ1) is 13.8. The SMILES string of the molecule is CC1CNC2(CCCC2)CN1CC1(C)CCOCC1. The molecule has 1 aliphatic carbocycles. The normalized spacial score (nSPS) is 34.7. The van der Waals surface area contributed by atoms with E-state index < -0.39 is 0 Å². The summed E-state index contributed by atoms with van der Waals surface area (Å²) in [6.07, 6.45) is 8.07. The van der Waals surface area contributed by atoms with Crippen molar-refractivity contribution < 1.29 is 4.74 Å². The number of nitrogens with zero attached hydrogens (tertiary/aromatic N) is 1. The maximum Gasteiger partial charge on any atom is 0.0471 e. The van der Waals surface area contributed by atoms with E-state index >= 15 is 0 Å². The molecule has 1 saturated carbocycles. The number of piperazine rings is 1. The number of hydrogen-bond donors (Lipinski definition) is 1. The molecule has 3 heteroatoms. The van der Waals surface area contributed by atoms with Crippen LogP contribution >= 0.6 is 0 Å². The molecule has 3 nitrogen and oxygen atoms in total. The van der Waals surface area contributed by atoms with E-state index in [0.717, 1.165) is 13.2 Å². The molecule has 2 heterocycles. The molecule has 1 unspecified atom stereocenters. The van der Waals surface area contributed by atoms with Gasteiger partial charge in [0.1, 0.15) is 0 Å². The van der Waals surface area contributed by atoms with Crippen molar-refractivity contribution in [2.24, 2.45) is 5.41 Å². The van der Waals surface area contributed by atoms with Gasteiger partial charge >= 0.3 is 0 Å². The van der Waals surface area contributed by atoms with Gasteiger partial charge in [0.05, 0.1) is 0 Å². The highest BCUT2D eigenvalue weighted by molar-refractivity contribution is 5.01. The molecule has 0 radical (unpaired) electrons. The Hall–Kier alpha value is -0.120. The summed E-state index contributed by atoms with van der Waals surface area (Å²) >= 11 is 0. The fraction of sp³-hybridized carbons (Fsp3) is 1.00. The van der Waals surface area contributed by atoms with Crippen LogP contribution in [0.3, 0.4) is 0 Å². The van der Waals surface area contributed by atoms with Crippen molar-refractivity contribution in [1.29, 1.82) is 0 Å². The highest BCUT2D eigenvalue weighted by Gasteiger charge is 2.42. The first-order chi connectivity index (χ1) is 9.11. The molecule has 3 fully saturated rings. The fourth-order valence-electron chi connectivity index (χ4n) is 4.20. The summed E-state index contributed by atoms with van der Waals surface area (Å²) < 4.78 is 5.54. The first-order valence-electron chi connectivity index (χ1n) is 8.18. The van der Waals surface area contributed by atoms with E-state index in [1.165, 1.54) is 58.2 Å². The highest BCUT2D eigenvalue weighted by Crippen LogP contribution is 2.36. The third kappa shape index (κ3) is 2.98. The zero-order valence-corrected chi connectivity index (χ0v) is 12.7. The van der Waals surface area contributed by atoms with Crippen LogP contribution in [0.25, 0.3) is 0 Å². The molecule has 3 aliphatic rings. The number of ether oxygens (including phenoxy) is 1. The van der Waals surface area contributed by atoms with E-state index in [0.29, 0.717) is 17.0 Å². The third-order valence-corrected chi connectivity index (χ3v) is 5.75. The van der Waals surface area contributed by atoms with Crippen LogP contribution in [0, 0.1) is 5.41 Å². The lowest BCUT2D eigenvalue weighted by atomic mass is 9.80. The van der Waals surface area contributed by atoms with Crippen molar-refractivity contribution in [3.63, 3.8) is 0 Å². The van der Waals surface area contributed by atoms with Gasteiger partial charge in [-0.2, -0.15) is 0 Å². The maximum atomic E-state index is 5.54. The Morgan fingerprint density at radius 2 is 1.84 bits per heavy atom. The van der Waals surface area contributed by atoms with Crippen molar-refractivity contribution in [2.45, 2.75) is 64.0 Å². The van der Waals surface area contributed by atoms with Crippen LogP contribution in [-0.4, -0.2) is 49.3 Å². The average Bonchev–Trinajstić information content (AvgIpc) is 2.83. The Morgan fingerprint density at radius 1 is 1.16 bits per heavy atom. The smallest absolute Gasteiger partial charge is 0.0471 e.